The summed E-state index contributed by atoms with van der Waals surface area (Å²) in [6.45, 7) is 2.48. The Kier molecular flexibility index (Phi) is 5.93. The van der Waals surface area contributed by atoms with Gasteiger partial charge in [-0.15, -0.1) is 0 Å². The van der Waals surface area contributed by atoms with Gasteiger partial charge in [-0.2, -0.15) is 13.2 Å². The van der Waals surface area contributed by atoms with Gasteiger partial charge in [0.15, 0.2) is 5.82 Å². The zero-order chi connectivity index (χ0) is 20.1. The van der Waals surface area contributed by atoms with Gasteiger partial charge in [0.25, 0.3) is 0 Å². The van der Waals surface area contributed by atoms with Gasteiger partial charge in [-0.1, -0.05) is 23.4 Å². The van der Waals surface area contributed by atoms with Gasteiger partial charge in [-0.25, -0.2) is 9.59 Å². The number of rotatable bonds is 6. The van der Waals surface area contributed by atoms with Crippen LogP contribution >= 0.6 is 0 Å². The normalized spacial score (nSPS) is 13.4. The lowest BCUT2D eigenvalue weighted by atomic mass is 10.2. The first-order valence-corrected chi connectivity index (χ1v) is 7.68. The van der Waals surface area contributed by atoms with Crippen LogP contribution in [-0.2, 0) is 9.53 Å². The van der Waals surface area contributed by atoms with Gasteiger partial charge < -0.3 is 14.0 Å². The second-order valence-corrected chi connectivity index (χ2v) is 5.22. The SMILES string of the molecule is CCOC(=O)[C@@](NC(=O)Nc1cc(C)on1)(Oc1ccccc1)C(F)(F)F. The van der Waals surface area contributed by atoms with Crippen LogP contribution in [0.1, 0.15) is 12.7 Å². The molecule has 1 aromatic heterocycles. The lowest BCUT2D eigenvalue weighted by Crippen LogP contribution is -2.69. The van der Waals surface area contributed by atoms with Crippen LogP contribution in [0, 0.1) is 6.92 Å². The summed E-state index contributed by atoms with van der Waals surface area (Å²) in [4.78, 5) is 24.3. The third-order valence-corrected chi connectivity index (χ3v) is 3.14. The number of hydrogen-bond donors (Lipinski definition) is 2. The fraction of sp³-hybridized carbons (Fsp3) is 0.312. The molecule has 0 saturated carbocycles. The summed E-state index contributed by atoms with van der Waals surface area (Å²) in [5.74, 6) is -1.96. The van der Waals surface area contributed by atoms with Gasteiger partial charge in [-0.05, 0) is 26.0 Å². The van der Waals surface area contributed by atoms with E-state index >= 15 is 0 Å². The molecule has 2 amide bonds. The van der Waals surface area contributed by atoms with Crippen LogP contribution in [0.5, 0.6) is 5.75 Å². The summed E-state index contributed by atoms with van der Waals surface area (Å²) in [5, 5.41) is 6.97. The van der Waals surface area contributed by atoms with Crippen LogP contribution in [0.2, 0.25) is 0 Å². The molecule has 11 heteroatoms. The maximum Gasteiger partial charge on any atom is 0.460 e. The summed E-state index contributed by atoms with van der Waals surface area (Å²) in [5.41, 5.74) is -3.77. The van der Waals surface area contributed by atoms with Crippen LogP contribution in [0.3, 0.4) is 0 Å². The number of ether oxygens (including phenoxy) is 2. The Morgan fingerprint density at radius 1 is 1.22 bits per heavy atom. The number of hydrogen-bond acceptors (Lipinski definition) is 6. The third kappa shape index (κ3) is 4.68. The zero-order valence-corrected chi connectivity index (χ0v) is 14.3. The van der Waals surface area contributed by atoms with Gasteiger partial charge in [-0.3, -0.25) is 10.6 Å². The average Bonchev–Trinajstić information content (AvgIpc) is 2.99. The van der Waals surface area contributed by atoms with E-state index in [1.54, 1.807) is 6.07 Å². The number of benzene rings is 1. The predicted molar refractivity (Wildman–Crippen MR) is 85.9 cm³/mol. The van der Waals surface area contributed by atoms with Gasteiger partial charge >= 0.3 is 23.9 Å². The molecular formula is C16H16F3N3O5. The van der Waals surface area contributed by atoms with E-state index in [0.717, 1.165) is 0 Å². The molecule has 1 atom stereocenters. The van der Waals surface area contributed by atoms with Crippen molar-refractivity contribution in [3.8, 4) is 5.75 Å². The van der Waals surface area contributed by atoms with Crippen molar-refractivity contribution in [2.45, 2.75) is 25.7 Å². The molecule has 0 bridgehead atoms. The lowest BCUT2D eigenvalue weighted by Gasteiger charge is -2.33. The summed E-state index contributed by atoms with van der Waals surface area (Å²) >= 11 is 0. The van der Waals surface area contributed by atoms with E-state index in [1.165, 1.54) is 49.5 Å². The van der Waals surface area contributed by atoms with Gasteiger partial charge in [0.05, 0.1) is 6.61 Å². The maximum absolute atomic E-state index is 13.8. The summed E-state index contributed by atoms with van der Waals surface area (Å²) in [6, 6.07) is 6.61. The largest absolute Gasteiger partial charge is 0.461 e. The Hall–Kier alpha value is -3.24. The quantitative estimate of drug-likeness (QED) is 0.584. The van der Waals surface area contributed by atoms with Gasteiger partial charge in [0, 0.05) is 6.07 Å². The van der Waals surface area contributed by atoms with Crippen LogP contribution < -0.4 is 15.4 Å². The standard InChI is InChI=1S/C16H16F3N3O5/c1-3-25-13(23)15(16(17,18)19,26-11-7-5-4-6-8-11)21-14(24)20-12-9-10(2)27-22-12/h4-9H,3H2,1-2H3,(H2,20,21,22,24)/t15-/m1/s1. The van der Waals surface area contributed by atoms with Crippen molar-refractivity contribution in [2.75, 3.05) is 11.9 Å². The Labute approximate surface area is 151 Å². The number of para-hydroxylation sites is 1. The van der Waals surface area contributed by atoms with E-state index in [-0.39, 0.29) is 18.2 Å². The van der Waals surface area contributed by atoms with Crippen molar-refractivity contribution in [3.05, 3.63) is 42.2 Å². The molecule has 2 N–H and O–H groups in total. The van der Waals surface area contributed by atoms with Crippen LogP contribution in [0.4, 0.5) is 23.8 Å². The number of anilines is 1. The molecule has 146 valence electrons. The lowest BCUT2D eigenvalue weighted by molar-refractivity contribution is -0.259. The smallest absolute Gasteiger partial charge is 0.460 e. The highest BCUT2D eigenvalue weighted by Crippen LogP contribution is 2.34. The number of alkyl halides is 3. The Bertz CT molecular complexity index is 794. The van der Waals surface area contributed by atoms with Crippen molar-refractivity contribution in [3.63, 3.8) is 0 Å². The molecular weight excluding hydrogens is 371 g/mol. The number of aromatic nitrogens is 1. The number of halogens is 3. The number of urea groups is 1. The van der Waals surface area contributed by atoms with E-state index in [1.807, 2.05) is 5.32 Å². The topological polar surface area (TPSA) is 103 Å². The number of amides is 2. The highest BCUT2D eigenvalue weighted by molar-refractivity contribution is 5.93. The average molecular weight is 387 g/mol. The van der Waals surface area contributed by atoms with E-state index < -0.39 is 23.9 Å². The zero-order valence-electron chi connectivity index (χ0n) is 14.3. The molecule has 27 heavy (non-hydrogen) atoms. The number of carbonyl (C=O) groups excluding carboxylic acids is 2. The third-order valence-electron chi connectivity index (χ3n) is 3.14. The molecule has 0 unspecified atom stereocenters. The van der Waals surface area contributed by atoms with Crippen LogP contribution in [-0.4, -0.2) is 35.7 Å². The molecule has 0 radical (unpaired) electrons. The van der Waals surface area contributed by atoms with E-state index in [0.29, 0.717) is 5.76 Å². The van der Waals surface area contributed by atoms with Crippen molar-refractivity contribution in [1.82, 2.24) is 10.5 Å². The predicted octanol–water partition coefficient (Wildman–Crippen LogP) is 3.01. The van der Waals surface area contributed by atoms with E-state index in [9.17, 15) is 22.8 Å². The minimum absolute atomic E-state index is 0.148. The second kappa shape index (κ2) is 7.98. The van der Waals surface area contributed by atoms with E-state index in [4.69, 9.17) is 9.26 Å². The Morgan fingerprint density at radius 3 is 2.41 bits per heavy atom. The van der Waals surface area contributed by atoms with Gasteiger partial charge in [0.1, 0.15) is 11.5 Å². The van der Waals surface area contributed by atoms with Gasteiger partial charge in [0.2, 0.25) is 0 Å². The highest BCUT2D eigenvalue weighted by Gasteiger charge is 2.66. The Balaban J connectivity index is 2.36. The number of carbonyl (C=O) groups is 2. The molecule has 8 nitrogen and oxygen atoms in total. The first-order valence-electron chi connectivity index (χ1n) is 7.68. The second-order valence-electron chi connectivity index (χ2n) is 5.22. The Morgan fingerprint density at radius 2 is 1.89 bits per heavy atom. The number of nitrogens with zero attached hydrogens (tertiary/aromatic N) is 1. The molecule has 0 saturated heterocycles. The van der Waals surface area contributed by atoms with Crippen molar-refractivity contribution in [1.29, 1.82) is 0 Å². The minimum atomic E-state index is -5.34. The van der Waals surface area contributed by atoms with Crippen molar-refractivity contribution >= 4 is 17.8 Å². The molecule has 1 aromatic carbocycles. The summed E-state index contributed by atoms with van der Waals surface area (Å²) in [6.07, 6.45) is -5.34. The maximum atomic E-state index is 13.8. The summed E-state index contributed by atoms with van der Waals surface area (Å²) in [7, 11) is 0. The molecule has 0 fully saturated rings. The number of nitrogens with one attached hydrogen (secondary N) is 2. The monoisotopic (exact) mass is 387 g/mol. The van der Waals surface area contributed by atoms with Crippen molar-refractivity contribution < 1.29 is 36.8 Å². The number of esters is 1. The van der Waals surface area contributed by atoms with Crippen LogP contribution in [0.15, 0.2) is 40.9 Å². The molecule has 0 aliphatic heterocycles. The molecule has 0 aliphatic carbocycles. The highest BCUT2D eigenvalue weighted by atomic mass is 19.4. The summed E-state index contributed by atoms with van der Waals surface area (Å²) < 4.78 is 55.6. The fourth-order valence-electron chi connectivity index (χ4n) is 1.99. The fourth-order valence-corrected chi connectivity index (χ4v) is 1.99. The molecule has 0 aliphatic rings. The van der Waals surface area contributed by atoms with Crippen LogP contribution in [0.25, 0.3) is 0 Å². The first kappa shape index (κ1) is 20.1. The molecule has 1 heterocycles. The molecule has 0 spiro atoms. The van der Waals surface area contributed by atoms with E-state index in [2.05, 4.69) is 9.89 Å². The number of aryl methyl sites for hydroxylation is 1. The molecule has 2 aromatic rings. The first-order chi connectivity index (χ1) is 12.7. The minimum Gasteiger partial charge on any atom is -0.461 e. The van der Waals surface area contributed by atoms with Crippen molar-refractivity contribution in [2.24, 2.45) is 0 Å². The molecule has 2 rings (SSSR count).